The molecule has 0 radical (unpaired) electrons. The van der Waals surface area contributed by atoms with E-state index >= 15 is 0 Å². The first kappa shape index (κ1) is 23.2. The molecule has 0 unspecified atom stereocenters. The maximum Gasteiger partial charge on any atom is -0.0348 e. The predicted molar refractivity (Wildman–Crippen MR) is 124 cm³/mol. The quantitative estimate of drug-likeness (QED) is 0.402. The minimum absolute atomic E-state index is 1.21. The van der Waals surface area contributed by atoms with Crippen LogP contribution in [0.4, 0.5) is 0 Å². The van der Waals surface area contributed by atoms with Crippen molar-refractivity contribution >= 4 is 0 Å². The molecule has 0 aromatic rings. The average Bonchev–Trinajstić information content (AvgIpc) is 2.68. The maximum atomic E-state index is 2.29. The van der Waals surface area contributed by atoms with Gasteiger partial charge in [-0.15, -0.1) is 0 Å². The first-order valence-corrected chi connectivity index (χ1v) is 11.1. The van der Waals surface area contributed by atoms with Crippen LogP contribution in [-0.2, 0) is 0 Å². The van der Waals surface area contributed by atoms with Crippen LogP contribution in [-0.4, -0.2) is 0 Å². The Kier molecular flexibility index (Phi) is 17.6. The van der Waals surface area contributed by atoms with E-state index in [-0.39, 0.29) is 0 Å². The van der Waals surface area contributed by atoms with Crippen molar-refractivity contribution in [2.45, 2.75) is 83.5 Å². The fourth-order valence-corrected chi connectivity index (χ4v) is 3.11. The maximum absolute atomic E-state index is 2.29. The molecule has 0 fully saturated rings. The zero-order valence-corrected chi connectivity index (χ0v) is 17.3. The molecular weight excluding hydrogens is 324 g/mol. The van der Waals surface area contributed by atoms with E-state index in [1.54, 1.807) is 0 Å². The summed E-state index contributed by atoms with van der Waals surface area (Å²) >= 11 is 0. The van der Waals surface area contributed by atoms with E-state index in [2.05, 4.69) is 85.1 Å². The summed E-state index contributed by atoms with van der Waals surface area (Å²) in [7, 11) is 0. The average molecular weight is 365 g/mol. The lowest BCUT2D eigenvalue weighted by atomic mass is 10.0. The van der Waals surface area contributed by atoms with Crippen molar-refractivity contribution in [2.24, 2.45) is 0 Å². The second-order valence-electron chi connectivity index (χ2n) is 7.25. The number of hydrogen-bond acceptors (Lipinski definition) is 0. The van der Waals surface area contributed by atoms with Crippen LogP contribution in [0.25, 0.3) is 0 Å². The summed E-state index contributed by atoms with van der Waals surface area (Å²) in [6.07, 6.45) is 47.5. The summed E-state index contributed by atoms with van der Waals surface area (Å²) in [5.41, 5.74) is 0. The third-order valence-electron chi connectivity index (χ3n) is 4.74. The van der Waals surface area contributed by atoms with Crippen LogP contribution < -0.4 is 0 Å². The van der Waals surface area contributed by atoms with Crippen LogP contribution in [0.15, 0.2) is 85.1 Å². The molecule has 0 spiro atoms. The Balaban J connectivity index is 2.32. The molecule has 0 aromatic carbocycles. The zero-order valence-electron chi connectivity index (χ0n) is 17.3. The second kappa shape index (κ2) is 20.5. The molecule has 0 aliphatic heterocycles. The highest BCUT2D eigenvalue weighted by molar-refractivity contribution is 5.20. The van der Waals surface area contributed by atoms with Gasteiger partial charge in [0.15, 0.2) is 0 Å². The van der Waals surface area contributed by atoms with E-state index in [0.29, 0.717) is 0 Å². The van der Waals surface area contributed by atoms with Crippen LogP contribution >= 0.6 is 0 Å². The summed E-state index contributed by atoms with van der Waals surface area (Å²) in [6.45, 7) is 0. The van der Waals surface area contributed by atoms with E-state index in [4.69, 9.17) is 0 Å². The number of allylic oxidation sites excluding steroid dienone is 14. The molecule has 1 aliphatic rings. The van der Waals surface area contributed by atoms with Crippen molar-refractivity contribution in [1.82, 2.24) is 0 Å². The molecule has 148 valence electrons. The first-order chi connectivity index (χ1) is 13.5. The highest BCUT2D eigenvalue weighted by Crippen LogP contribution is 2.12. The standard InChI is InChI=1S/C27H40/c1-2-4-6-8-10-12-14-16-18-20-22-24-26-27-25-23-21-19-17-15-13-11-9-7-5-3-1/h1-14H,15-27H2. The lowest BCUT2D eigenvalue weighted by molar-refractivity contribution is 0.547. The van der Waals surface area contributed by atoms with Crippen molar-refractivity contribution in [3.8, 4) is 0 Å². The predicted octanol–water partition coefficient (Wildman–Crippen LogP) is 8.96. The monoisotopic (exact) mass is 364 g/mol. The Bertz CT molecular complexity index is 462. The lowest BCUT2D eigenvalue weighted by Crippen LogP contribution is -1.82. The van der Waals surface area contributed by atoms with E-state index in [1.165, 1.54) is 83.5 Å². The smallest absolute Gasteiger partial charge is 0.0348 e. The Hall–Kier alpha value is -1.82. The van der Waals surface area contributed by atoms with Crippen LogP contribution in [0.1, 0.15) is 83.5 Å². The van der Waals surface area contributed by atoms with E-state index in [0.717, 1.165) is 0 Å². The van der Waals surface area contributed by atoms with E-state index < -0.39 is 0 Å². The minimum atomic E-state index is 1.21. The van der Waals surface area contributed by atoms with E-state index in [9.17, 15) is 0 Å². The fraction of sp³-hybridized carbons (Fsp3) is 0.481. The van der Waals surface area contributed by atoms with Crippen molar-refractivity contribution in [3.63, 3.8) is 0 Å². The van der Waals surface area contributed by atoms with Gasteiger partial charge in [-0.3, -0.25) is 0 Å². The molecule has 1 rings (SSSR count). The Morgan fingerprint density at radius 3 is 0.741 bits per heavy atom. The molecule has 0 atom stereocenters. The molecule has 0 saturated heterocycles. The zero-order chi connectivity index (χ0) is 19.1. The summed E-state index contributed by atoms with van der Waals surface area (Å²) in [6, 6.07) is 0. The molecule has 0 heteroatoms. The SMILES string of the molecule is C1=CC=CC=CC=CCCCCCCCCCCCCCC=CC=CC=C1. The largest absolute Gasteiger partial charge is 0.0845 e. The molecule has 0 aromatic heterocycles. The third kappa shape index (κ3) is 18.8. The van der Waals surface area contributed by atoms with Crippen LogP contribution in [0.3, 0.4) is 0 Å². The van der Waals surface area contributed by atoms with Crippen LogP contribution in [0.2, 0.25) is 0 Å². The van der Waals surface area contributed by atoms with Gasteiger partial charge >= 0.3 is 0 Å². The fourth-order valence-electron chi connectivity index (χ4n) is 3.11. The van der Waals surface area contributed by atoms with Gasteiger partial charge in [0, 0.05) is 0 Å². The highest BCUT2D eigenvalue weighted by atomic mass is 14.0. The molecule has 0 heterocycles. The molecule has 0 amide bonds. The first-order valence-electron chi connectivity index (χ1n) is 11.1. The minimum Gasteiger partial charge on any atom is -0.0845 e. The summed E-state index contributed by atoms with van der Waals surface area (Å²) in [4.78, 5) is 0. The molecule has 0 bridgehead atoms. The van der Waals surface area contributed by atoms with Gasteiger partial charge in [-0.05, 0) is 25.7 Å². The molecule has 0 N–H and O–H groups in total. The molecule has 1 aliphatic carbocycles. The van der Waals surface area contributed by atoms with Gasteiger partial charge < -0.3 is 0 Å². The molecule has 0 nitrogen and oxygen atoms in total. The normalized spacial score (nSPS) is 19.9. The van der Waals surface area contributed by atoms with Gasteiger partial charge in [0.25, 0.3) is 0 Å². The van der Waals surface area contributed by atoms with Crippen molar-refractivity contribution in [3.05, 3.63) is 85.1 Å². The second-order valence-corrected chi connectivity index (χ2v) is 7.25. The van der Waals surface area contributed by atoms with Crippen molar-refractivity contribution < 1.29 is 0 Å². The summed E-state index contributed by atoms with van der Waals surface area (Å²) < 4.78 is 0. The van der Waals surface area contributed by atoms with Gasteiger partial charge in [-0.1, -0.05) is 143 Å². The number of hydrogen-bond donors (Lipinski definition) is 0. The van der Waals surface area contributed by atoms with Gasteiger partial charge in [-0.25, -0.2) is 0 Å². The molecular formula is C27H40. The van der Waals surface area contributed by atoms with Crippen LogP contribution in [0.5, 0.6) is 0 Å². The van der Waals surface area contributed by atoms with Crippen molar-refractivity contribution in [2.75, 3.05) is 0 Å². The Morgan fingerprint density at radius 2 is 0.444 bits per heavy atom. The molecule has 0 saturated carbocycles. The van der Waals surface area contributed by atoms with Crippen LogP contribution in [0, 0.1) is 0 Å². The Morgan fingerprint density at radius 1 is 0.222 bits per heavy atom. The third-order valence-corrected chi connectivity index (χ3v) is 4.74. The van der Waals surface area contributed by atoms with Gasteiger partial charge in [0.2, 0.25) is 0 Å². The topological polar surface area (TPSA) is 0 Å². The number of rotatable bonds is 0. The van der Waals surface area contributed by atoms with Gasteiger partial charge in [0.1, 0.15) is 0 Å². The van der Waals surface area contributed by atoms with E-state index in [1.807, 2.05) is 0 Å². The van der Waals surface area contributed by atoms with Gasteiger partial charge in [-0.2, -0.15) is 0 Å². The Labute approximate surface area is 168 Å². The lowest BCUT2D eigenvalue weighted by Gasteiger charge is -2.02. The van der Waals surface area contributed by atoms with Gasteiger partial charge in [0.05, 0.1) is 0 Å². The summed E-state index contributed by atoms with van der Waals surface area (Å²) in [5, 5.41) is 0. The molecule has 27 heavy (non-hydrogen) atoms. The highest BCUT2D eigenvalue weighted by Gasteiger charge is 1.93. The van der Waals surface area contributed by atoms with Crippen molar-refractivity contribution in [1.29, 1.82) is 0 Å². The summed E-state index contributed by atoms with van der Waals surface area (Å²) in [5.74, 6) is 0.